The number of amides is 2. The van der Waals surface area contributed by atoms with Crippen LogP contribution in [0, 0.1) is 0 Å². The zero-order valence-corrected chi connectivity index (χ0v) is 13.6. The summed E-state index contributed by atoms with van der Waals surface area (Å²) in [5.41, 5.74) is -0.588. The van der Waals surface area contributed by atoms with Crippen LogP contribution in [0.25, 0.3) is 0 Å². The van der Waals surface area contributed by atoms with E-state index < -0.39 is 11.4 Å². The molecule has 0 saturated heterocycles. The van der Waals surface area contributed by atoms with Gasteiger partial charge in [0.25, 0.3) is 0 Å². The number of hydrogen-bond donors (Lipinski definition) is 3. The summed E-state index contributed by atoms with van der Waals surface area (Å²) >= 11 is 0. The summed E-state index contributed by atoms with van der Waals surface area (Å²) in [5.74, 6) is -1.52. The molecule has 0 aliphatic rings. The Labute approximate surface area is 136 Å². The van der Waals surface area contributed by atoms with Gasteiger partial charge in [-0.3, -0.25) is 14.4 Å². The van der Waals surface area contributed by atoms with E-state index in [0.29, 0.717) is 12.1 Å². The van der Waals surface area contributed by atoms with E-state index in [2.05, 4.69) is 10.6 Å². The lowest BCUT2D eigenvalue weighted by Crippen LogP contribution is -2.44. The SMILES string of the molecule is CCCNC(=O)CCC(=O)NCC(C)(C(=O)O)c1ccccc1. The molecule has 0 saturated carbocycles. The van der Waals surface area contributed by atoms with E-state index in [4.69, 9.17) is 0 Å². The number of carboxylic acids is 1. The highest BCUT2D eigenvalue weighted by atomic mass is 16.4. The van der Waals surface area contributed by atoms with Crippen LogP contribution in [0.3, 0.4) is 0 Å². The third-order valence-corrected chi connectivity index (χ3v) is 3.67. The van der Waals surface area contributed by atoms with Crippen LogP contribution >= 0.6 is 0 Å². The fourth-order valence-corrected chi connectivity index (χ4v) is 2.05. The molecule has 6 heteroatoms. The lowest BCUT2D eigenvalue weighted by molar-refractivity contribution is -0.143. The Balaban J connectivity index is 2.55. The topological polar surface area (TPSA) is 95.5 Å². The molecule has 23 heavy (non-hydrogen) atoms. The third kappa shape index (κ3) is 5.73. The van der Waals surface area contributed by atoms with Gasteiger partial charge in [0.05, 0.1) is 0 Å². The Kier molecular flexibility index (Phi) is 7.25. The molecular weight excluding hydrogens is 296 g/mol. The van der Waals surface area contributed by atoms with Gasteiger partial charge in [-0.25, -0.2) is 0 Å². The van der Waals surface area contributed by atoms with Crippen LogP contribution in [0.1, 0.15) is 38.7 Å². The van der Waals surface area contributed by atoms with E-state index in [1.165, 1.54) is 0 Å². The van der Waals surface area contributed by atoms with Crippen molar-refractivity contribution in [1.29, 1.82) is 0 Å². The quantitative estimate of drug-likeness (QED) is 0.642. The molecule has 0 aliphatic carbocycles. The van der Waals surface area contributed by atoms with Gasteiger partial charge in [0, 0.05) is 25.9 Å². The molecule has 1 aromatic rings. The van der Waals surface area contributed by atoms with Crippen molar-refractivity contribution in [2.45, 2.75) is 38.5 Å². The first kappa shape index (κ1) is 18.7. The number of carbonyl (C=O) groups is 3. The minimum absolute atomic E-state index is 0.0260. The van der Waals surface area contributed by atoms with Crippen LogP contribution in [-0.4, -0.2) is 36.0 Å². The summed E-state index contributed by atoms with van der Waals surface area (Å²) in [6, 6.07) is 8.77. The number of hydrogen-bond acceptors (Lipinski definition) is 3. The van der Waals surface area contributed by atoms with Gasteiger partial charge in [-0.05, 0) is 18.9 Å². The fourth-order valence-electron chi connectivity index (χ4n) is 2.05. The van der Waals surface area contributed by atoms with Gasteiger partial charge in [-0.2, -0.15) is 0 Å². The molecule has 0 heterocycles. The Hall–Kier alpha value is -2.37. The van der Waals surface area contributed by atoms with E-state index in [-0.39, 0.29) is 31.2 Å². The predicted molar refractivity (Wildman–Crippen MR) is 87.0 cm³/mol. The molecule has 2 amide bonds. The molecule has 3 N–H and O–H groups in total. The standard InChI is InChI=1S/C17H24N2O4/c1-3-11-18-14(20)9-10-15(21)19-12-17(2,16(22)23)13-7-5-4-6-8-13/h4-8H,3,9-12H2,1-2H3,(H,18,20)(H,19,21)(H,22,23). The van der Waals surface area contributed by atoms with Crippen LogP contribution in [0.15, 0.2) is 30.3 Å². The Morgan fingerprint density at radius 3 is 2.13 bits per heavy atom. The summed E-state index contributed by atoms with van der Waals surface area (Å²) < 4.78 is 0. The lowest BCUT2D eigenvalue weighted by atomic mass is 9.82. The maximum Gasteiger partial charge on any atom is 0.315 e. The highest BCUT2D eigenvalue weighted by Crippen LogP contribution is 2.23. The molecule has 0 aromatic heterocycles. The van der Waals surface area contributed by atoms with Crippen LogP contribution in [0.2, 0.25) is 0 Å². The zero-order valence-electron chi connectivity index (χ0n) is 13.6. The largest absolute Gasteiger partial charge is 0.481 e. The molecule has 0 aliphatic heterocycles. The summed E-state index contributed by atoms with van der Waals surface area (Å²) in [5, 5.41) is 14.8. The number of rotatable bonds is 9. The Bertz CT molecular complexity index is 545. The summed E-state index contributed by atoms with van der Waals surface area (Å²) in [4.78, 5) is 34.9. The minimum atomic E-state index is -1.21. The number of carbonyl (C=O) groups excluding carboxylic acids is 2. The number of carboxylic acid groups (broad SMARTS) is 1. The van der Waals surface area contributed by atoms with E-state index >= 15 is 0 Å². The van der Waals surface area contributed by atoms with Gasteiger partial charge < -0.3 is 15.7 Å². The van der Waals surface area contributed by atoms with Gasteiger partial charge >= 0.3 is 5.97 Å². The van der Waals surface area contributed by atoms with E-state index in [9.17, 15) is 19.5 Å². The van der Waals surface area contributed by atoms with E-state index in [1.807, 2.05) is 6.92 Å². The minimum Gasteiger partial charge on any atom is -0.481 e. The maximum absolute atomic E-state index is 11.8. The second kappa shape index (κ2) is 8.92. The van der Waals surface area contributed by atoms with Crippen molar-refractivity contribution < 1.29 is 19.5 Å². The molecule has 1 unspecified atom stereocenters. The number of aliphatic carboxylic acids is 1. The Morgan fingerprint density at radius 2 is 1.61 bits per heavy atom. The van der Waals surface area contributed by atoms with Crippen molar-refractivity contribution in [2.24, 2.45) is 0 Å². The lowest BCUT2D eigenvalue weighted by Gasteiger charge is -2.25. The van der Waals surface area contributed by atoms with Gasteiger partial charge in [0.1, 0.15) is 5.41 Å². The summed E-state index contributed by atoms with van der Waals surface area (Å²) in [6.07, 6.45) is 0.979. The Morgan fingerprint density at radius 1 is 1.04 bits per heavy atom. The van der Waals surface area contributed by atoms with Gasteiger partial charge in [0.2, 0.25) is 11.8 Å². The second-order valence-corrected chi connectivity index (χ2v) is 5.63. The first-order valence-electron chi connectivity index (χ1n) is 7.72. The number of benzene rings is 1. The van der Waals surface area contributed by atoms with Crippen LogP contribution in [-0.2, 0) is 19.8 Å². The van der Waals surface area contributed by atoms with E-state index in [1.54, 1.807) is 37.3 Å². The molecule has 0 radical (unpaired) electrons. The van der Waals surface area contributed by atoms with Gasteiger partial charge in [-0.15, -0.1) is 0 Å². The fraction of sp³-hybridized carbons (Fsp3) is 0.471. The number of nitrogens with one attached hydrogen (secondary N) is 2. The van der Waals surface area contributed by atoms with Crippen molar-refractivity contribution in [2.75, 3.05) is 13.1 Å². The molecule has 1 atom stereocenters. The van der Waals surface area contributed by atoms with Crippen molar-refractivity contribution in [3.8, 4) is 0 Å². The van der Waals surface area contributed by atoms with E-state index in [0.717, 1.165) is 6.42 Å². The molecule has 0 spiro atoms. The van der Waals surface area contributed by atoms with Crippen molar-refractivity contribution in [1.82, 2.24) is 10.6 Å². The van der Waals surface area contributed by atoms with Crippen LogP contribution in [0.4, 0.5) is 0 Å². The molecule has 0 bridgehead atoms. The van der Waals surface area contributed by atoms with Gasteiger partial charge in [-0.1, -0.05) is 37.3 Å². The molecule has 0 fully saturated rings. The summed E-state index contributed by atoms with van der Waals surface area (Å²) in [6.45, 7) is 4.08. The second-order valence-electron chi connectivity index (χ2n) is 5.63. The first-order chi connectivity index (χ1) is 10.9. The predicted octanol–water partition coefficient (Wildman–Crippen LogP) is 1.45. The van der Waals surface area contributed by atoms with Crippen molar-refractivity contribution in [3.05, 3.63) is 35.9 Å². The molecule has 1 rings (SSSR count). The highest BCUT2D eigenvalue weighted by Gasteiger charge is 2.35. The maximum atomic E-state index is 11.8. The summed E-state index contributed by atoms with van der Waals surface area (Å²) in [7, 11) is 0. The normalized spacial score (nSPS) is 13.0. The smallest absolute Gasteiger partial charge is 0.315 e. The molecule has 6 nitrogen and oxygen atoms in total. The highest BCUT2D eigenvalue weighted by molar-refractivity contribution is 5.85. The monoisotopic (exact) mass is 320 g/mol. The van der Waals surface area contributed by atoms with Crippen molar-refractivity contribution >= 4 is 17.8 Å². The average Bonchev–Trinajstić information content (AvgIpc) is 2.56. The molecule has 1 aromatic carbocycles. The molecular formula is C17H24N2O4. The van der Waals surface area contributed by atoms with Crippen molar-refractivity contribution in [3.63, 3.8) is 0 Å². The van der Waals surface area contributed by atoms with Crippen LogP contribution < -0.4 is 10.6 Å². The average molecular weight is 320 g/mol. The molecule has 126 valence electrons. The zero-order chi connectivity index (χ0) is 17.3. The third-order valence-electron chi connectivity index (χ3n) is 3.67. The van der Waals surface area contributed by atoms with Crippen LogP contribution in [0.5, 0.6) is 0 Å². The van der Waals surface area contributed by atoms with Gasteiger partial charge in [0.15, 0.2) is 0 Å². The first-order valence-corrected chi connectivity index (χ1v) is 7.72.